The Kier molecular flexibility index (Phi) is 3.12. The van der Waals surface area contributed by atoms with Crippen LogP contribution in [-0.2, 0) is 0 Å². The molecule has 28 heavy (non-hydrogen) atoms. The minimum absolute atomic E-state index is 1.04. The minimum atomic E-state index is 1.04. The molecule has 2 heterocycles. The Morgan fingerprint density at radius 3 is 2.32 bits per heavy atom. The van der Waals surface area contributed by atoms with Gasteiger partial charge < -0.3 is 4.90 Å². The SMILES string of the molecule is Cc1c2c(nc3ccccc13)-c1cccc3cccc(c13)N2c1ccccc1. The van der Waals surface area contributed by atoms with Gasteiger partial charge in [-0.2, -0.15) is 0 Å². The molecule has 132 valence electrons. The third kappa shape index (κ3) is 2.00. The van der Waals surface area contributed by atoms with Crippen molar-refractivity contribution in [2.45, 2.75) is 6.92 Å². The van der Waals surface area contributed by atoms with Crippen molar-refractivity contribution in [1.82, 2.24) is 4.98 Å². The molecule has 1 aliphatic heterocycles. The van der Waals surface area contributed by atoms with Gasteiger partial charge in [-0.05, 0) is 42.1 Å². The number of aromatic nitrogens is 1. The molecule has 1 aliphatic rings. The molecular formula is C26H18N2. The molecule has 0 unspecified atom stereocenters. The smallest absolute Gasteiger partial charge is 0.0959 e. The van der Waals surface area contributed by atoms with E-state index in [0.29, 0.717) is 0 Å². The van der Waals surface area contributed by atoms with Crippen LogP contribution in [0.25, 0.3) is 32.9 Å². The van der Waals surface area contributed by atoms with Crippen molar-refractivity contribution in [2.75, 3.05) is 4.90 Å². The molecule has 2 nitrogen and oxygen atoms in total. The van der Waals surface area contributed by atoms with Gasteiger partial charge in [0.15, 0.2) is 0 Å². The molecule has 0 spiro atoms. The van der Waals surface area contributed by atoms with Crippen LogP contribution >= 0.6 is 0 Å². The molecule has 0 aliphatic carbocycles. The number of aryl methyl sites for hydroxylation is 1. The zero-order valence-corrected chi connectivity index (χ0v) is 15.6. The number of para-hydroxylation sites is 2. The van der Waals surface area contributed by atoms with Crippen LogP contribution in [-0.4, -0.2) is 4.98 Å². The number of pyridine rings is 1. The number of nitrogens with zero attached hydrogens (tertiary/aromatic N) is 2. The number of anilines is 3. The van der Waals surface area contributed by atoms with Crippen LogP contribution in [0.3, 0.4) is 0 Å². The number of hydrogen-bond donors (Lipinski definition) is 0. The molecule has 5 aromatic rings. The molecule has 0 radical (unpaired) electrons. The predicted molar refractivity (Wildman–Crippen MR) is 118 cm³/mol. The Hall–Kier alpha value is -3.65. The third-order valence-corrected chi connectivity index (χ3v) is 5.74. The highest BCUT2D eigenvalue weighted by Gasteiger charge is 2.29. The fourth-order valence-electron chi connectivity index (χ4n) is 4.50. The molecule has 0 amide bonds. The molecule has 0 bridgehead atoms. The monoisotopic (exact) mass is 358 g/mol. The first-order valence-electron chi connectivity index (χ1n) is 9.59. The van der Waals surface area contributed by atoms with E-state index in [1.54, 1.807) is 0 Å². The molecule has 1 aromatic heterocycles. The van der Waals surface area contributed by atoms with Crippen LogP contribution < -0.4 is 4.90 Å². The Bertz CT molecular complexity index is 1360. The number of benzene rings is 4. The maximum Gasteiger partial charge on any atom is 0.0959 e. The summed E-state index contributed by atoms with van der Waals surface area (Å²) >= 11 is 0. The standard InChI is InChI=1S/C26H18N2/c1-17-20-13-5-6-15-22(20)27-25-21-14-7-9-18-10-8-16-23(24(18)21)28(26(17)25)19-11-3-2-4-12-19/h2-16H,1H3. The van der Waals surface area contributed by atoms with E-state index in [4.69, 9.17) is 4.98 Å². The third-order valence-electron chi connectivity index (χ3n) is 5.74. The fraction of sp³-hybridized carbons (Fsp3) is 0.0385. The Balaban J connectivity index is 1.84. The van der Waals surface area contributed by atoms with E-state index >= 15 is 0 Å². The summed E-state index contributed by atoms with van der Waals surface area (Å²) in [5, 5.41) is 3.71. The van der Waals surface area contributed by atoms with E-state index in [1.165, 1.54) is 38.7 Å². The molecular weight excluding hydrogens is 340 g/mol. The highest BCUT2D eigenvalue weighted by Crippen LogP contribution is 2.52. The Morgan fingerprint density at radius 1 is 0.714 bits per heavy atom. The predicted octanol–water partition coefficient (Wildman–Crippen LogP) is 7.15. The number of hydrogen-bond acceptors (Lipinski definition) is 2. The average molecular weight is 358 g/mol. The Labute approximate surface area is 163 Å². The lowest BCUT2D eigenvalue weighted by molar-refractivity contribution is 1.22. The van der Waals surface area contributed by atoms with Gasteiger partial charge in [0, 0.05) is 22.0 Å². The highest BCUT2D eigenvalue weighted by molar-refractivity contribution is 6.15. The summed E-state index contributed by atoms with van der Waals surface area (Å²) in [7, 11) is 0. The maximum absolute atomic E-state index is 5.13. The van der Waals surface area contributed by atoms with Crippen LogP contribution in [0, 0.1) is 6.92 Å². The van der Waals surface area contributed by atoms with E-state index in [9.17, 15) is 0 Å². The van der Waals surface area contributed by atoms with Crippen LogP contribution in [0.4, 0.5) is 17.1 Å². The molecule has 0 N–H and O–H groups in total. The van der Waals surface area contributed by atoms with Crippen molar-refractivity contribution < 1.29 is 0 Å². The normalized spacial score (nSPS) is 12.4. The zero-order valence-electron chi connectivity index (χ0n) is 15.6. The van der Waals surface area contributed by atoms with Crippen LogP contribution in [0.15, 0.2) is 91.0 Å². The maximum atomic E-state index is 5.13. The quantitative estimate of drug-likeness (QED) is 0.310. The second-order valence-electron chi connectivity index (χ2n) is 7.30. The molecule has 0 saturated carbocycles. The van der Waals surface area contributed by atoms with Crippen LogP contribution in [0.1, 0.15) is 5.56 Å². The molecule has 2 heteroatoms. The molecule has 6 rings (SSSR count). The average Bonchev–Trinajstić information content (AvgIpc) is 2.76. The van der Waals surface area contributed by atoms with Gasteiger partial charge in [0.25, 0.3) is 0 Å². The fourth-order valence-corrected chi connectivity index (χ4v) is 4.50. The summed E-state index contributed by atoms with van der Waals surface area (Å²) in [5.41, 5.74) is 8.13. The summed E-state index contributed by atoms with van der Waals surface area (Å²) in [6, 6.07) is 32.1. The number of rotatable bonds is 1. The number of fused-ring (bicyclic) bond motifs is 3. The van der Waals surface area contributed by atoms with Crippen LogP contribution in [0.5, 0.6) is 0 Å². The first kappa shape index (κ1) is 15.4. The van der Waals surface area contributed by atoms with Crippen molar-refractivity contribution >= 4 is 38.7 Å². The topological polar surface area (TPSA) is 16.1 Å². The van der Waals surface area contributed by atoms with Gasteiger partial charge in [-0.3, -0.25) is 0 Å². The van der Waals surface area contributed by atoms with Gasteiger partial charge in [0.1, 0.15) is 0 Å². The lowest BCUT2D eigenvalue weighted by atomic mass is 9.91. The van der Waals surface area contributed by atoms with Gasteiger partial charge in [0.05, 0.1) is 22.6 Å². The summed E-state index contributed by atoms with van der Waals surface area (Å²) in [6.07, 6.45) is 0. The molecule has 0 fully saturated rings. The van der Waals surface area contributed by atoms with Gasteiger partial charge in [-0.15, -0.1) is 0 Å². The van der Waals surface area contributed by atoms with Crippen molar-refractivity contribution in [2.24, 2.45) is 0 Å². The lowest BCUT2D eigenvalue weighted by Gasteiger charge is -2.34. The molecule has 0 atom stereocenters. The highest BCUT2D eigenvalue weighted by atomic mass is 15.2. The second kappa shape index (κ2) is 5.67. The molecule has 4 aromatic carbocycles. The van der Waals surface area contributed by atoms with Gasteiger partial charge in [-0.1, -0.05) is 66.7 Å². The minimum Gasteiger partial charge on any atom is -0.307 e. The van der Waals surface area contributed by atoms with Gasteiger partial charge in [0.2, 0.25) is 0 Å². The van der Waals surface area contributed by atoms with E-state index in [-0.39, 0.29) is 0 Å². The largest absolute Gasteiger partial charge is 0.307 e. The van der Waals surface area contributed by atoms with Crippen molar-refractivity contribution in [3.8, 4) is 11.3 Å². The summed E-state index contributed by atoms with van der Waals surface area (Å²) in [5.74, 6) is 0. The van der Waals surface area contributed by atoms with Gasteiger partial charge >= 0.3 is 0 Å². The lowest BCUT2D eigenvalue weighted by Crippen LogP contribution is -2.17. The summed E-state index contributed by atoms with van der Waals surface area (Å²) in [6.45, 7) is 2.22. The Morgan fingerprint density at radius 2 is 1.46 bits per heavy atom. The van der Waals surface area contributed by atoms with E-state index in [0.717, 1.165) is 16.9 Å². The zero-order chi connectivity index (χ0) is 18.7. The van der Waals surface area contributed by atoms with E-state index in [1.807, 2.05) is 0 Å². The summed E-state index contributed by atoms with van der Waals surface area (Å²) in [4.78, 5) is 7.51. The van der Waals surface area contributed by atoms with Crippen molar-refractivity contribution in [1.29, 1.82) is 0 Å². The molecule has 0 saturated heterocycles. The first-order valence-corrected chi connectivity index (χ1v) is 9.59. The van der Waals surface area contributed by atoms with E-state index < -0.39 is 0 Å². The van der Waals surface area contributed by atoms with Crippen molar-refractivity contribution in [3.05, 3.63) is 96.6 Å². The second-order valence-corrected chi connectivity index (χ2v) is 7.30. The van der Waals surface area contributed by atoms with Gasteiger partial charge in [-0.25, -0.2) is 4.98 Å². The van der Waals surface area contributed by atoms with Crippen LogP contribution in [0.2, 0.25) is 0 Å². The summed E-state index contributed by atoms with van der Waals surface area (Å²) < 4.78 is 0. The van der Waals surface area contributed by atoms with E-state index in [2.05, 4.69) is 103 Å². The first-order chi connectivity index (χ1) is 13.8. The van der Waals surface area contributed by atoms with Crippen molar-refractivity contribution in [3.63, 3.8) is 0 Å².